The lowest BCUT2D eigenvalue weighted by atomic mass is 10.2. The summed E-state index contributed by atoms with van der Waals surface area (Å²) in [6.07, 6.45) is 5.33. The first-order valence-corrected chi connectivity index (χ1v) is 6.97. The van der Waals surface area contributed by atoms with Gasteiger partial charge in [0.05, 0.1) is 17.1 Å². The van der Waals surface area contributed by atoms with Gasteiger partial charge in [0.2, 0.25) is 0 Å². The zero-order valence-corrected chi connectivity index (χ0v) is 13.1. The topological polar surface area (TPSA) is 21.3 Å². The summed E-state index contributed by atoms with van der Waals surface area (Å²) in [4.78, 5) is 0. The van der Waals surface area contributed by atoms with Crippen molar-refractivity contribution in [2.24, 2.45) is 0 Å². The molecule has 17 heavy (non-hydrogen) atoms. The highest BCUT2D eigenvalue weighted by atomic mass is 79.9. The molecule has 0 saturated heterocycles. The van der Waals surface area contributed by atoms with Crippen LogP contribution in [0.25, 0.3) is 0 Å². The summed E-state index contributed by atoms with van der Waals surface area (Å²) in [6.45, 7) is 5.24. The minimum Gasteiger partial charge on any atom is -0.492 e. The summed E-state index contributed by atoms with van der Waals surface area (Å²) >= 11 is 6.97. The molecule has 0 spiro atoms. The van der Waals surface area contributed by atoms with Crippen LogP contribution in [0.4, 0.5) is 0 Å². The smallest absolute Gasteiger partial charge is 0.138 e. The van der Waals surface area contributed by atoms with E-state index in [0.717, 1.165) is 20.3 Å². The number of hydrogen-bond acceptors (Lipinski definition) is 2. The van der Waals surface area contributed by atoms with Crippen molar-refractivity contribution >= 4 is 31.9 Å². The standard InChI is InChI=1S/C13H15Br2NO/c1-4-9(3)16-8-10-6-11(14)7-12(15)13(10)17-5-2/h1,6-7,9,16H,5,8H2,2-3H3. The van der Waals surface area contributed by atoms with E-state index in [2.05, 4.69) is 43.1 Å². The molecule has 1 rings (SSSR count). The molecule has 0 aliphatic carbocycles. The van der Waals surface area contributed by atoms with Gasteiger partial charge >= 0.3 is 0 Å². The summed E-state index contributed by atoms with van der Waals surface area (Å²) in [5.74, 6) is 3.51. The second-order valence-corrected chi connectivity index (χ2v) is 5.35. The Morgan fingerprint density at radius 3 is 2.76 bits per heavy atom. The number of halogens is 2. The van der Waals surface area contributed by atoms with Gasteiger partial charge in [0.25, 0.3) is 0 Å². The number of nitrogens with one attached hydrogen (secondary N) is 1. The molecule has 1 aromatic carbocycles. The molecule has 92 valence electrons. The molecule has 1 aromatic rings. The maximum Gasteiger partial charge on any atom is 0.138 e. The fraction of sp³-hybridized carbons (Fsp3) is 0.385. The van der Waals surface area contributed by atoms with Gasteiger partial charge in [0.15, 0.2) is 0 Å². The van der Waals surface area contributed by atoms with Crippen LogP contribution in [0, 0.1) is 12.3 Å². The van der Waals surface area contributed by atoms with E-state index in [-0.39, 0.29) is 6.04 Å². The Hall–Kier alpha value is -0.500. The lowest BCUT2D eigenvalue weighted by molar-refractivity contribution is 0.333. The molecule has 1 atom stereocenters. The first-order valence-electron chi connectivity index (χ1n) is 5.38. The highest BCUT2D eigenvalue weighted by Gasteiger charge is 2.10. The van der Waals surface area contributed by atoms with Gasteiger partial charge in [-0.25, -0.2) is 0 Å². The summed E-state index contributed by atoms with van der Waals surface area (Å²) in [5.41, 5.74) is 1.08. The fourth-order valence-electron chi connectivity index (χ4n) is 1.37. The van der Waals surface area contributed by atoms with E-state index in [1.54, 1.807) is 0 Å². The molecule has 0 fully saturated rings. The average molecular weight is 361 g/mol. The van der Waals surface area contributed by atoms with Crippen molar-refractivity contribution in [1.82, 2.24) is 5.32 Å². The molecule has 1 unspecified atom stereocenters. The van der Waals surface area contributed by atoms with Gasteiger partial charge in [0, 0.05) is 16.6 Å². The zero-order chi connectivity index (χ0) is 12.8. The lowest BCUT2D eigenvalue weighted by Gasteiger charge is -2.14. The SMILES string of the molecule is C#CC(C)NCc1cc(Br)cc(Br)c1OCC. The van der Waals surface area contributed by atoms with Gasteiger partial charge in [-0.1, -0.05) is 21.9 Å². The van der Waals surface area contributed by atoms with E-state index in [1.807, 2.05) is 26.0 Å². The van der Waals surface area contributed by atoms with Crippen LogP contribution in [0.5, 0.6) is 5.75 Å². The van der Waals surface area contributed by atoms with Gasteiger partial charge in [0.1, 0.15) is 5.75 Å². The van der Waals surface area contributed by atoms with Crippen molar-refractivity contribution in [2.75, 3.05) is 6.61 Å². The van der Waals surface area contributed by atoms with Crippen molar-refractivity contribution in [3.63, 3.8) is 0 Å². The van der Waals surface area contributed by atoms with Crippen molar-refractivity contribution < 1.29 is 4.74 Å². The predicted octanol–water partition coefficient (Wildman–Crippen LogP) is 3.72. The molecular weight excluding hydrogens is 346 g/mol. The van der Waals surface area contributed by atoms with Gasteiger partial charge in [-0.05, 0) is 41.9 Å². The molecule has 0 bridgehead atoms. The third kappa shape index (κ3) is 4.34. The number of hydrogen-bond donors (Lipinski definition) is 1. The fourth-order valence-corrected chi connectivity index (χ4v) is 2.80. The van der Waals surface area contributed by atoms with Crippen molar-refractivity contribution in [3.05, 3.63) is 26.6 Å². The maximum atomic E-state index is 5.63. The van der Waals surface area contributed by atoms with Crippen LogP contribution < -0.4 is 10.1 Å². The van der Waals surface area contributed by atoms with E-state index >= 15 is 0 Å². The maximum absolute atomic E-state index is 5.63. The van der Waals surface area contributed by atoms with E-state index in [9.17, 15) is 0 Å². The van der Waals surface area contributed by atoms with E-state index in [4.69, 9.17) is 11.2 Å². The Balaban J connectivity index is 2.92. The Morgan fingerprint density at radius 1 is 1.47 bits per heavy atom. The van der Waals surface area contributed by atoms with Gasteiger partial charge < -0.3 is 4.74 Å². The zero-order valence-electron chi connectivity index (χ0n) is 9.89. The lowest BCUT2D eigenvalue weighted by Crippen LogP contribution is -2.23. The number of ether oxygens (including phenoxy) is 1. The Labute approximate surface area is 119 Å². The van der Waals surface area contributed by atoms with Crippen LogP contribution in [0.2, 0.25) is 0 Å². The van der Waals surface area contributed by atoms with Crippen LogP contribution in [-0.2, 0) is 6.54 Å². The highest BCUT2D eigenvalue weighted by Crippen LogP contribution is 2.32. The second kappa shape index (κ2) is 7.05. The summed E-state index contributed by atoms with van der Waals surface area (Å²) < 4.78 is 7.58. The van der Waals surface area contributed by atoms with Crippen LogP contribution in [0.3, 0.4) is 0 Å². The third-order valence-corrected chi connectivity index (χ3v) is 3.27. The minimum atomic E-state index is 0.0437. The summed E-state index contributed by atoms with van der Waals surface area (Å²) in [5, 5.41) is 3.24. The Kier molecular flexibility index (Phi) is 6.04. The molecule has 0 radical (unpaired) electrons. The molecule has 0 saturated carbocycles. The first-order chi connectivity index (χ1) is 8.08. The van der Waals surface area contributed by atoms with Crippen molar-refractivity contribution in [1.29, 1.82) is 0 Å². The molecule has 4 heteroatoms. The number of terminal acetylenes is 1. The van der Waals surface area contributed by atoms with E-state index in [0.29, 0.717) is 13.2 Å². The predicted molar refractivity (Wildman–Crippen MR) is 78.1 cm³/mol. The Morgan fingerprint density at radius 2 is 2.18 bits per heavy atom. The molecule has 0 amide bonds. The number of benzene rings is 1. The van der Waals surface area contributed by atoms with Crippen molar-refractivity contribution in [2.45, 2.75) is 26.4 Å². The van der Waals surface area contributed by atoms with Crippen LogP contribution >= 0.6 is 31.9 Å². The van der Waals surface area contributed by atoms with Crippen LogP contribution in [0.1, 0.15) is 19.4 Å². The molecular formula is C13H15Br2NO. The second-order valence-electron chi connectivity index (χ2n) is 3.58. The number of rotatable bonds is 5. The van der Waals surface area contributed by atoms with Crippen molar-refractivity contribution in [3.8, 4) is 18.1 Å². The van der Waals surface area contributed by atoms with Gasteiger partial charge in [-0.3, -0.25) is 5.32 Å². The van der Waals surface area contributed by atoms with Crippen LogP contribution in [0.15, 0.2) is 21.1 Å². The minimum absolute atomic E-state index is 0.0437. The van der Waals surface area contributed by atoms with E-state index in [1.165, 1.54) is 0 Å². The van der Waals surface area contributed by atoms with E-state index < -0.39 is 0 Å². The highest BCUT2D eigenvalue weighted by molar-refractivity contribution is 9.11. The molecule has 0 heterocycles. The normalized spacial score (nSPS) is 11.9. The third-order valence-electron chi connectivity index (χ3n) is 2.22. The largest absolute Gasteiger partial charge is 0.492 e. The van der Waals surface area contributed by atoms with Crippen LogP contribution in [-0.4, -0.2) is 12.6 Å². The van der Waals surface area contributed by atoms with Gasteiger partial charge in [-0.2, -0.15) is 0 Å². The quantitative estimate of drug-likeness (QED) is 0.808. The summed E-state index contributed by atoms with van der Waals surface area (Å²) in [6, 6.07) is 4.05. The molecule has 0 aliphatic rings. The molecule has 1 N–H and O–H groups in total. The Bertz CT molecular complexity index is 426. The molecule has 0 aromatic heterocycles. The van der Waals surface area contributed by atoms with Gasteiger partial charge in [-0.15, -0.1) is 6.42 Å². The monoisotopic (exact) mass is 359 g/mol. The first kappa shape index (κ1) is 14.6. The molecule has 2 nitrogen and oxygen atoms in total. The summed E-state index contributed by atoms with van der Waals surface area (Å²) in [7, 11) is 0. The average Bonchev–Trinajstić information content (AvgIpc) is 2.29. The molecule has 0 aliphatic heterocycles.